The molecule has 0 aliphatic heterocycles. The lowest BCUT2D eigenvalue weighted by Crippen LogP contribution is -2.22. The molecule has 24 heavy (non-hydrogen) atoms. The average molecular weight is 313 g/mol. The number of fused-ring (bicyclic) bond motifs is 1. The maximum Gasteiger partial charge on any atom is 0.264 e. The fraction of sp³-hybridized carbons (Fsp3) is 0.227. The highest BCUT2D eigenvalue weighted by Crippen LogP contribution is 2.28. The van der Waals surface area contributed by atoms with E-state index >= 15 is 0 Å². The van der Waals surface area contributed by atoms with Crippen molar-refractivity contribution in [3.63, 3.8) is 0 Å². The van der Waals surface area contributed by atoms with Crippen LogP contribution in [-0.2, 0) is 6.42 Å². The van der Waals surface area contributed by atoms with E-state index in [0.29, 0.717) is 5.92 Å². The summed E-state index contributed by atoms with van der Waals surface area (Å²) >= 11 is 0. The van der Waals surface area contributed by atoms with Crippen LogP contribution in [-0.4, -0.2) is 4.57 Å². The molecule has 2 nitrogen and oxygen atoms in total. The molecule has 4 rings (SSSR count). The summed E-state index contributed by atoms with van der Waals surface area (Å²) in [6.45, 7) is 2.08. The predicted octanol–water partition coefficient (Wildman–Crippen LogP) is 4.31. The molecule has 0 spiro atoms. The summed E-state index contributed by atoms with van der Waals surface area (Å²) < 4.78 is 1.82. The van der Waals surface area contributed by atoms with Gasteiger partial charge in [0.25, 0.3) is 5.56 Å². The molecule has 2 heteroatoms. The van der Waals surface area contributed by atoms with Gasteiger partial charge in [0.15, 0.2) is 0 Å². The summed E-state index contributed by atoms with van der Waals surface area (Å²) in [5.74, 6) is 7.05. The van der Waals surface area contributed by atoms with Gasteiger partial charge in [-0.3, -0.25) is 9.36 Å². The van der Waals surface area contributed by atoms with Crippen LogP contribution in [0.4, 0.5) is 0 Å². The van der Waals surface area contributed by atoms with E-state index in [4.69, 9.17) is 0 Å². The second-order valence-electron chi connectivity index (χ2n) is 6.28. The molecule has 1 aliphatic rings. The summed E-state index contributed by atoms with van der Waals surface area (Å²) in [5.41, 5.74) is 2.80. The van der Waals surface area contributed by atoms with Gasteiger partial charge in [0.1, 0.15) is 0 Å². The molecule has 1 aliphatic carbocycles. The lowest BCUT2D eigenvalue weighted by atomic mass is 10.0. The largest absolute Gasteiger partial charge is 0.281 e. The zero-order chi connectivity index (χ0) is 16.5. The summed E-state index contributed by atoms with van der Waals surface area (Å²) in [6.07, 6.45) is 3.18. The van der Waals surface area contributed by atoms with E-state index in [9.17, 15) is 4.79 Å². The van der Waals surface area contributed by atoms with Crippen molar-refractivity contribution in [2.75, 3.05) is 0 Å². The Morgan fingerprint density at radius 2 is 1.88 bits per heavy atom. The first-order valence-corrected chi connectivity index (χ1v) is 8.52. The molecule has 3 aromatic rings. The van der Waals surface area contributed by atoms with Crippen molar-refractivity contribution in [1.82, 2.24) is 4.57 Å². The van der Waals surface area contributed by atoms with Crippen molar-refractivity contribution < 1.29 is 0 Å². The summed E-state index contributed by atoms with van der Waals surface area (Å²) in [4.78, 5) is 13.3. The minimum Gasteiger partial charge on any atom is -0.281 e. The molecule has 1 saturated carbocycles. The highest BCUT2D eigenvalue weighted by Gasteiger charge is 2.18. The Kier molecular flexibility index (Phi) is 3.70. The van der Waals surface area contributed by atoms with Crippen molar-refractivity contribution in [3.05, 3.63) is 76.2 Å². The van der Waals surface area contributed by atoms with E-state index in [0.717, 1.165) is 34.1 Å². The third-order valence-corrected chi connectivity index (χ3v) is 4.49. The Labute approximate surface area is 141 Å². The van der Waals surface area contributed by atoms with E-state index in [1.54, 1.807) is 0 Å². The van der Waals surface area contributed by atoms with Crippen LogP contribution in [0.1, 0.15) is 31.0 Å². The minimum absolute atomic E-state index is 0.0243. The fourth-order valence-corrected chi connectivity index (χ4v) is 3.05. The van der Waals surface area contributed by atoms with Gasteiger partial charge < -0.3 is 0 Å². The normalized spacial score (nSPS) is 13.5. The van der Waals surface area contributed by atoms with Gasteiger partial charge in [-0.2, -0.15) is 0 Å². The SMILES string of the molecule is CCc1cc2cccc(C#CC3CC3)c2c(=O)n1-c1ccccc1. The zero-order valence-corrected chi connectivity index (χ0v) is 13.8. The van der Waals surface area contributed by atoms with Gasteiger partial charge in [0, 0.05) is 22.9 Å². The number of pyridine rings is 1. The molecular weight excluding hydrogens is 294 g/mol. The summed E-state index contributed by atoms with van der Waals surface area (Å²) in [6, 6.07) is 17.9. The van der Waals surface area contributed by atoms with Gasteiger partial charge in [0.05, 0.1) is 5.39 Å². The Bertz CT molecular complexity index is 1010. The Balaban J connectivity index is 2.02. The van der Waals surface area contributed by atoms with Crippen LogP contribution in [0.5, 0.6) is 0 Å². The number of aryl methyl sites for hydroxylation is 1. The second kappa shape index (κ2) is 6.02. The molecule has 0 bridgehead atoms. The molecule has 0 unspecified atom stereocenters. The Morgan fingerprint density at radius 3 is 2.58 bits per heavy atom. The molecule has 0 amide bonds. The third kappa shape index (κ3) is 2.63. The van der Waals surface area contributed by atoms with Crippen LogP contribution < -0.4 is 5.56 Å². The van der Waals surface area contributed by atoms with E-state index in [1.165, 1.54) is 12.8 Å². The monoisotopic (exact) mass is 313 g/mol. The van der Waals surface area contributed by atoms with E-state index in [2.05, 4.69) is 24.8 Å². The van der Waals surface area contributed by atoms with Gasteiger partial charge in [0.2, 0.25) is 0 Å². The first-order valence-electron chi connectivity index (χ1n) is 8.52. The smallest absolute Gasteiger partial charge is 0.264 e. The van der Waals surface area contributed by atoms with Crippen molar-refractivity contribution in [1.29, 1.82) is 0 Å². The zero-order valence-electron chi connectivity index (χ0n) is 13.8. The molecule has 118 valence electrons. The Hall–Kier alpha value is -2.79. The first kappa shape index (κ1) is 14.8. The van der Waals surface area contributed by atoms with Gasteiger partial charge in [-0.25, -0.2) is 0 Å². The van der Waals surface area contributed by atoms with Gasteiger partial charge >= 0.3 is 0 Å². The number of benzene rings is 2. The van der Waals surface area contributed by atoms with Gasteiger partial charge in [-0.15, -0.1) is 0 Å². The standard InChI is InChI=1S/C22H19NO/c1-2-19-15-18-8-6-7-17(14-13-16-11-12-16)21(18)22(24)23(19)20-9-4-3-5-10-20/h3-10,15-16H,2,11-12H2,1H3. The predicted molar refractivity (Wildman–Crippen MR) is 98.5 cm³/mol. The van der Waals surface area contributed by atoms with Crippen LogP contribution >= 0.6 is 0 Å². The lowest BCUT2D eigenvalue weighted by Gasteiger charge is -2.14. The number of nitrogens with zero attached hydrogens (tertiary/aromatic N) is 1. The minimum atomic E-state index is 0.0243. The van der Waals surface area contributed by atoms with E-state index < -0.39 is 0 Å². The first-order chi connectivity index (χ1) is 11.8. The third-order valence-electron chi connectivity index (χ3n) is 4.49. The van der Waals surface area contributed by atoms with Gasteiger partial charge in [-0.1, -0.05) is 49.1 Å². The van der Waals surface area contributed by atoms with Crippen LogP contribution in [0.3, 0.4) is 0 Å². The quantitative estimate of drug-likeness (QED) is 0.646. The molecule has 0 radical (unpaired) electrons. The van der Waals surface area contributed by atoms with Crippen molar-refractivity contribution in [3.8, 4) is 17.5 Å². The van der Waals surface area contributed by atoms with Crippen LogP contribution in [0.25, 0.3) is 16.5 Å². The Morgan fingerprint density at radius 1 is 1.08 bits per heavy atom. The van der Waals surface area contributed by atoms with Crippen molar-refractivity contribution in [2.45, 2.75) is 26.2 Å². The fourth-order valence-electron chi connectivity index (χ4n) is 3.05. The van der Waals surface area contributed by atoms with E-state index in [1.807, 2.05) is 53.1 Å². The van der Waals surface area contributed by atoms with Gasteiger partial charge in [-0.05, 0) is 48.9 Å². The number of para-hydroxylation sites is 1. The number of hydrogen-bond donors (Lipinski definition) is 0. The summed E-state index contributed by atoms with van der Waals surface area (Å²) in [7, 11) is 0. The lowest BCUT2D eigenvalue weighted by molar-refractivity contribution is 0.889. The molecule has 1 aromatic heterocycles. The maximum atomic E-state index is 13.3. The molecule has 0 atom stereocenters. The van der Waals surface area contributed by atoms with Crippen molar-refractivity contribution in [2.24, 2.45) is 5.92 Å². The molecular formula is C22H19NO. The second-order valence-corrected chi connectivity index (χ2v) is 6.28. The van der Waals surface area contributed by atoms with Crippen LogP contribution in [0.15, 0.2) is 59.4 Å². The summed E-state index contributed by atoms with van der Waals surface area (Å²) in [5, 5.41) is 1.71. The molecule has 0 saturated heterocycles. The number of hydrogen-bond acceptors (Lipinski definition) is 1. The molecule has 1 fully saturated rings. The average Bonchev–Trinajstić information content (AvgIpc) is 3.44. The molecule has 2 aromatic carbocycles. The topological polar surface area (TPSA) is 22.0 Å². The van der Waals surface area contributed by atoms with E-state index in [-0.39, 0.29) is 5.56 Å². The number of rotatable bonds is 2. The molecule has 0 N–H and O–H groups in total. The number of aromatic nitrogens is 1. The molecule has 1 heterocycles. The van der Waals surface area contributed by atoms with Crippen molar-refractivity contribution >= 4 is 10.8 Å². The maximum absolute atomic E-state index is 13.3. The van der Waals surface area contributed by atoms with Crippen LogP contribution in [0.2, 0.25) is 0 Å². The highest BCUT2D eigenvalue weighted by atomic mass is 16.1. The highest BCUT2D eigenvalue weighted by molar-refractivity contribution is 5.88. The van der Waals surface area contributed by atoms with Crippen LogP contribution in [0, 0.1) is 17.8 Å².